The summed E-state index contributed by atoms with van der Waals surface area (Å²) in [6.45, 7) is 3.76. The predicted octanol–water partition coefficient (Wildman–Crippen LogP) is 0.368. The number of amides is 1. The number of hydrogen-bond donors (Lipinski definition) is 1. The van der Waals surface area contributed by atoms with Crippen LogP contribution in [-0.4, -0.2) is 67.6 Å². The van der Waals surface area contributed by atoms with Crippen LogP contribution in [-0.2, 0) is 11.3 Å². The molecule has 0 radical (unpaired) electrons. The highest BCUT2D eigenvalue weighted by Gasteiger charge is 2.53. The number of nitrogens with zero attached hydrogens (tertiary/aromatic N) is 6. The third-order valence-electron chi connectivity index (χ3n) is 7.15. The molecule has 6 rings (SSSR count). The van der Waals surface area contributed by atoms with Crippen molar-refractivity contribution in [2.24, 2.45) is 17.8 Å². The summed E-state index contributed by atoms with van der Waals surface area (Å²) >= 11 is 0. The number of nitrogen functional groups attached to an aromatic ring is 1. The number of rotatable bonds is 3. The Labute approximate surface area is 147 Å². The van der Waals surface area contributed by atoms with Gasteiger partial charge in [0, 0.05) is 31.7 Å². The Balaban J connectivity index is 1.22. The molecule has 1 aromatic rings. The number of hydrogen-bond acceptors (Lipinski definition) is 6. The Kier molecular flexibility index (Phi) is 3.52. The lowest BCUT2D eigenvalue weighted by molar-refractivity contribution is -0.139. The Morgan fingerprint density at radius 3 is 2.16 bits per heavy atom. The van der Waals surface area contributed by atoms with Crippen LogP contribution in [0, 0.1) is 17.8 Å². The van der Waals surface area contributed by atoms with Gasteiger partial charge in [0.15, 0.2) is 0 Å². The molecular formula is C17H27N7O. The van der Waals surface area contributed by atoms with Crippen molar-refractivity contribution < 1.29 is 4.79 Å². The molecule has 0 unspecified atom stereocenters. The van der Waals surface area contributed by atoms with E-state index in [1.54, 1.807) is 0 Å². The van der Waals surface area contributed by atoms with Crippen LogP contribution in [0.15, 0.2) is 0 Å². The van der Waals surface area contributed by atoms with Gasteiger partial charge < -0.3 is 10.6 Å². The Bertz CT molecular complexity index is 628. The Hall–Kier alpha value is -1.70. The second kappa shape index (κ2) is 5.65. The van der Waals surface area contributed by atoms with Gasteiger partial charge in [-0.1, -0.05) is 5.10 Å². The van der Waals surface area contributed by atoms with E-state index in [0.29, 0.717) is 5.54 Å². The van der Waals surface area contributed by atoms with Crippen LogP contribution in [0.5, 0.6) is 0 Å². The van der Waals surface area contributed by atoms with Crippen molar-refractivity contribution >= 4 is 11.9 Å². The molecule has 2 heterocycles. The van der Waals surface area contributed by atoms with Crippen molar-refractivity contribution in [3.05, 3.63) is 0 Å². The van der Waals surface area contributed by atoms with Gasteiger partial charge in [0.1, 0.15) is 6.54 Å². The average molecular weight is 345 g/mol. The van der Waals surface area contributed by atoms with Crippen LogP contribution in [0.2, 0.25) is 0 Å². The van der Waals surface area contributed by atoms with E-state index in [1.807, 2.05) is 4.90 Å². The van der Waals surface area contributed by atoms with Gasteiger partial charge in [-0.3, -0.25) is 9.69 Å². The summed E-state index contributed by atoms with van der Waals surface area (Å²) in [6.07, 6.45) is 8.62. The number of tetrazole rings is 1. The number of carbonyl (C=O) groups is 1. The fraction of sp³-hybridized carbons (Fsp3) is 0.882. The van der Waals surface area contributed by atoms with Crippen LogP contribution in [0.1, 0.15) is 38.5 Å². The predicted molar refractivity (Wildman–Crippen MR) is 91.3 cm³/mol. The molecule has 0 atom stereocenters. The summed E-state index contributed by atoms with van der Waals surface area (Å²) < 4.78 is 1.37. The fourth-order valence-corrected chi connectivity index (χ4v) is 6.43. The first-order valence-corrected chi connectivity index (χ1v) is 9.66. The molecule has 1 amide bonds. The van der Waals surface area contributed by atoms with Crippen molar-refractivity contribution in [2.75, 3.05) is 31.9 Å². The Morgan fingerprint density at radius 1 is 1.04 bits per heavy atom. The molecule has 5 fully saturated rings. The quantitative estimate of drug-likeness (QED) is 0.851. The van der Waals surface area contributed by atoms with Gasteiger partial charge in [-0.25, -0.2) is 4.68 Å². The minimum atomic E-state index is 0.0594. The van der Waals surface area contributed by atoms with Crippen molar-refractivity contribution in [1.29, 1.82) is 0 Å². The molecule has 25 heavy (non-hydrogen) atoms. The normalized spacial score (nSPS) is 37.6. The lowest BCUT2D eigenvalue weighted by Gasteiger charge is -2.61. The minimum absolute atomic E-state index is 0.0594. The van der Waals surface area contributed by atoms with Crippen molar-refractivity contribution in [2.45, 2.75) is 50.6 Å². The smallest absolute Gasteiger partial charge is 0.244 e. The van der Waals surface area contributed by atoms with E-state index in [2.05, 4.69) is 20.4 Å². The van der Waals surface area contributed by atoms with Crippen LogP contribution < -0.4 is 5.73 Å². The zero-order valence-corrected chi connectivity index (χ0v) is 14.7. The van der Waals surface area contributed by atoms with E-state index in [0.717, 1.165) is 43.9 Å². The zero-order valence-electron chi connectivity index (χ0n) is 14.7. The van der Waals surface area contributed by atoms with E-state index in [4.69, 9.17) is 5.73 Å². The SMILES string of the molecule is Nc1nnnn1CC(=O)N1CCN(C23CC4CC(CC(C4)C2)C3)CC1. The highest BCUT2D eigenvalue weighted by Crippen LogP contribution is 2.57. The first kappa shape index (κ1) is 15.5. The molecule has 8 nitrogen and oxygen atoms in total. The van der Waals surface area contributed by atoms with Gasteiger partial charge in [-0.05, 0) is 66.7 Å². The van der Waals surface area contributed by atoms with Crippen molar-refractivity contribution in [3.63, 3.8) is 0 Å². The first-order valence-electron chi connectivity index (χ1n) is 9.66. The molecule has 4 bridgehead atoms. The first-order chi connectivity index (χ1) is 12.1. The number of piperazine rings is 1. The number of aromatic nitrogens is 4. The van der Waals surface area contributed by atoms with E-state index >= 15 is 0 Å². The van der Waals surface area contributed by atoms with Gasteiger partial charge >= 0.3 is 0 Å². The van der Waals surface area contributed by atoms with Gasteiger partial charge in [0.05, 0.1) is 0 Å². The zero-order chi connectivity index (χ0) is 17.0. The maximum atomic E-state index is 12.5. The van der Waals surface area contributed by atoms with Crippen LogP contribution in [0.3, 0.4) is 0 Å². The second-order valence-electron chi connectivity index (χ2n) is 8.70. The van der Waals surface area contributed by atoms with Crippen LogP contribution >= 0.6 is 0 Å². The number of nitrogens with two attached hydrogens (primary N) is 1. The summed E-state index contributed by atoms with van der Waals surface area (Å²) in [7, 11) is 0. The van der Waals surface area contributed by atoms with Gasteiger partial charge in [-0.2, -0.15) is 0 Å². The van der Waals surface area contributed by atoms with E-state index in [-0.39, 0.29) is 18.4 Å². The largest absolute Gasteiger partial charge is 0.367 e. The number of anilines is 1. The molecule has 0 spiro atoms. The molecular weight excluding hydrogens is 318 g/mol. The summed E-state index contributed by atoms with van der Waals surface area (Å²) in [5.74, 6) is 3.15. The third-order valence-corrected chi connectivity index (χ3v) is 7.15. The summed E-state index contributed by atoms with van der Waals surface area (Å²) in [4.78, 5) is 17.2. The van der Waals surface area contributed by atoms with Crippen molar-refractivity contribution in [1.82, 2.24) is 30.0 Å². The minimum Gasteiger partial charge on any atom is -0.367 e. The van der Waals surface area contributed by atoms with Gasteiger partial charge in [0.2, 0.25) is 11.9 Å². The molecule has 5 aliphatic rings. The molecule has 2 N–H and O–H groups in total. The maximum Gasteiger partial charge on any atom is 0.244 e. The standard InChI is InChI=1S/C17H27N7O/c18-16-19-20-21-24(16)11-15(25)22-1-3-23(4-2-22)17-8-12-5-13(9-17)7-14(6-12)10-17/h12-14H,1-11H2,(H2,18,19,21). The van der Waals surface area contributed by atoms with E-state index in [9.17, 15) is 4.79 Å². The second-order valence-corrected chi connectivity index (χ2v) is 8.70. The molecule has 1 aromatic heterocycles. The molecule has 136 valence electrons. The van der Waals surface area contributed by atoms with Gasteiger partial charge in [-0.15, -0.1) is 0 Å². The van der Waals surface area contributed by atoms with Crippen LogP contribution in [0.25, 0.3) is 0 Å². The van der Waals surface area contributed by atoms with E-state index in [1.165, 1.54) is 43.2 Å². The summed E-state index contributed by atoms with van der Waals surface area (Å²) in [5, 5.41) is 10.9. The molecule has 1 aliphatic heterocycles. The molecule has 4 aliphatic carbocycles. The van der Waals surface area contributed by atoms with Crippen LogP contribution in [0.4, 0.5) is 5.95 Å². The topological polar surface area (TPSA) is 93.2 Å². The van der Waals surface area contributed by atoms with Gasteiger partial charge in [0.25, 0.3) is 0 Å². The molecule has 1 saturated heterocycles. The lowest BCUT2D eigenvalue weighted by atomic mass is 9.52. The Morgan fingerprint density at radius 2 is 1.64 bits per heavy atom. The lowest BCUT2D eigenvalue weighted by Crippen LogP contribution is -2.64. The molecule has 4 saturated carbocycles. The molecule has 8 heteroatoms. The molecule has 0 aromatic carbocycles. The third kappa shape index (κ3) is 2.61. The highest BCUT2D eigenvalue weighted by atomic mass is 16.2. The van der Waals surface area contributed by atoms with E-state index < -0.39 is 0 Å². The maximum absolute atomic E-state index is 12.5. The van der Waals surface area contributed by atoms with Crippen molar-refractivity contribution in [3.8, 4) is 0 Å². The highest BCUT2D eigenvalue weighted by molar-refractivity contribution is 5.76. The fourth-order valence-electron chi connectivity index (χ4n) is 6.43. The number of carbonyl (C=O) groups excluding carboxylic acids is 1. The summed E-state index contributed by atoms with van der Waals surface area (Å²) in [6, 6.07) is 0. The average Bonchev–Trinajstić information content (AvgIpc) is 2.99. The summed E-state index contributed by atoms with van der Waals surface area (Å²) in [5.41, 5.74) is 6.11. The monoisotopic (exact) mass is 345 g/mol.